The fraction of sp³-hybridized carbons (Fsp3) is 0.381. The van der Waals surface area contributed by atoms with Crippen LogP contribution in [0.1, 0.15) is 48.0 Å². The molecule has 0 saturated heterocycles. The molecule has 4 atom stereocenters. The predicted octanol–water partition coefficient (Wildman–Crippen LogP) is 1.53. The molecule has 3 aliphatic rings. The summed E-state index contributed by atoms with van der Waals surface area (Å²) in [5.41, 5.74) is 2.42. The molecule has 1 amide bonds. The summed E-state index contributed by atoms with van der Waals surface area (Å²) in [6, 6.07) is 4.74. The molecule has 0 saturated carbocycles. The summed E-state index contributed by atoms with van der Waals surface area (Å²) in [6.45, 7) is 1.90. The number of allylic oxidation sites excluding steroid dienone is 2. The molecule has 8 nitrogen and oxygen atoms in total. The Morgan fingerprint density at radius 2 is 1.93 bits per heavy atom. The molecular formula is C21H21NO7. The smallest absolute Gasteiger partial charge is 0.255 e. The number of hydrogen-bond donors (Lipinski definition) is 5. The molecule has 29 heavy (non-hydrogen) atoms. The van der Waals surface area contributed by atoms with E-state index in [0.717, 1.165) is 0 Å². The van der Waals surface area contributed by atoms with Gasteiger partial charge in [0.2, 0.25) is 5.78 Å². The molecule has 3 aliphatic carbocycles. The highest BCUT2D eigenvalue weighted by Crippen LogP contribution is 2.55. The number of hydrogen-bond acceptors (Lipinski definition) is 7. The number of ketones is 2. The normalized spacial score (nSPS) is 31.3. The van der Waals surface area contributed by atoms with Crippen molar-refractivity contribution >= 4 is 17.5 Å². The third-order valence-electron chi connectivity index (χ3n) is 6.54. The number of Topliss-reactive ketones (excluding diaryl/α,β-unsaturated/α-hetero) is 2. The SMILES string of the molecule is CC[C@@H]1c2cccc(O)c2C(=O)C2=C(O)[C@]3(O)C(=O)C(C(N)=O)=C(O)C[C@@H]3CC21. The van der Waals surface area contributed by atoms with E-state index in [0.29, 0.717) is 12.0 Å². The number of carbonyl (C=O) groups is 3. The summed E-state index contributed by atoms with van der Waals surface area (Å²) in [7, 11) is 0. The maximum absolute atomic E-state index is 13.2. The summed E-state index contributed by atoms with van der Waals surface area (Å²) in [6.07, 6.45) is 0.488. The van der Waals surface area contributed by atoms with Gasteiger partial charge in [-0.15, -0.1) is 0 Å². The third kappa shape index (κ3) is 2.32. The van der Waals surface area contributed by atoms with Crippen LogP contribution in [0.25, 0.3) is 0 Å². The summed E-state index contributed by atoms with van der Waals surface area (Å²) >= 11 is 0. The molecule has 6 N–H and O–H groups in total. The molecule has 0 bridgehead atoms. The van der Waals surface area contributed by atoms with Crippen molar-refractivity contribution in [2.45, 2.75) is 37.7 Å². The number of aliphatic hydroxyl groups is 3. The monoisotopic (exact) mass is 399 g/mol. The Labute approximate surface area is 166 Å². The van der Waals surface area contributed by atoms with E-state index in [-0.39, 0.29) is 35.6 Å². The molecule has 1 aromatic carbocycles. The zero-order chi connectivity index (χ0) is 21.2. The highest BCUT2D eigenvalue weighted by molar-refractivity contribution is 6.24. The average Bonchev–Trinajstić information content (AvgIpc) is 2.64. The van der Waals surface area contributed by atoms with Crippen molar-refractivity contribution in [3.63, 3.8) is 0 Å². The number of phenols is 1. The molecule has 0 radical (unpaired) electrons. The maximum atomic E-state index is 13.2. The number of phenolic OH excluding ortho intramolecular Hbond substituents is 1. The fourth-order valence-electron chi connectivity index (χ4n) is 5.22. The van der Waals surface area contributed by atoms with Gasteiger partial charge in [-0.1, -0.05) is 19.1 Å². The second-order valence-corrected chi connectivity index (χ2v) is 7.87. The van der Waals surface area contributed by atoms with E-state index in [4.69, 9.17) is 5.73 Å². The lowest BCUT2D eigenvalue weighted by Crippen LogP contribution is -2.57. The molecule has 152 valence electrons. The lowest BCUT2D eigenvalue weighted by molar-refractivity contribution is -0.144. The Morgan fingerprint density at radius 1 is 1.24 bits per heavy atom. The first kappa shape index (κ1) is 19.2. The minimum atomic E-state index is -2.53. The van der Waals surface area contributed by atoms with Crippen LogP contribution in [-0.2, 0) is 9.59 Å². The van der Waals surface area contributed by atoms with Gasteiger partial charge in [-0.25, -0.2) is 0 Å². The number of amides is 1. The van der Waals surface area contributed by atoms with Gasteiger partial charge in [0.1, 0.15) is 22.8 Å². The van der Waals surface area contributed by atoms with E-state index in [9.17, 15) is 34.8 Å². The molecule has 0 fully saturated rings. The van der Waals surface area contributed by atoms with Crippen LogP contribution in [0.15, 0.2) is 40.9 Å². The van der Waals surface area contributed by atoms with Crippen molar-refractivity contribution < 1.29 is 34.8 Å². The van der Waals surface area contributed by atoms with Gasteiger partial charge in [0.15, 0.2) is 11.4 Å². The lowest BCUT2D eigenvalue weighted by atomic mass is 9.57. The zero-order valence-electron chi connectivity index (χ0n) is 15.7. The third-order valence-corrected chi connectivity index (χ3v) is 6.54. The van der Waals surface area contributed by atoms with Crippen LogP contribution in [0.4, 0.5) is 0 Å². The number of primary amides is 1. The van der Waals surface area contributed by atoms with E-state index in [2.05, 4.69) is 0 Å². The number of aromatic hydroxyl groups is 1. The number of nitrogens with two attached hydrogens (primary N) is 1. The van der Waals surface area contributed by atoms with Crippen LogP contribution in [-0.4, -0.2) is 43.5 Å². The molecule has 1 unspecified atom stereocenters. The number of fused-ring (bicyclic) bond motifs is 3. The maximum Gasteiger partial charge on any atom is 0.255 e. The Kier molecular flexibility index (Phi) is 4.09. The van der Waals surface area contributed by atoms with Crippen molar-refractivity contribution in [3.05, 3.63) is 52.0 Å². The molecule has 0 heterocycles. The van der Waals surface area contributed by atoms with E-state index in [1.54, 1.807) is 12.1 Å². The van der Waals surface area contributed by atoms with Gasteiger partial charge < -0.3 is 26.2 Å². The van der Waals surface area contributed by atoms with Gasteiger partial charge in [0.05, 0.1) is 5.56 Å². The van der Waals surface area contributed by atoms with Crippen molar-refractivity contribution in [1.29, 1.82) is 0 Å². The van der Waals surface area contributed by atoms with Gasteiger partial charge in [-0.05, 0) is 36.3 Å². The van der Waals surface area contributed by atoms with E-state index < -0.39 is 52.0 Å². The lowest BCUT2D eigenvalue weighted by Gasteiger charge is -2.47. The van der Waals surface area contributed by atoms with Crippen LogP contribution in [0.5, 0.6) is 5.75 Å². The van der Waals surface area contributed by atoms with Crippen molar-refractivity contribution in [2.24, 2.45) is 17.6 Å². The van der Waals surface area contributed by atoms with E-state index in [1.165, 1.54) is 6.07 Å². The Balaban J connectivity index is 1.96. The van der Waals surface area contributed by atoms with E-state index in [1.807, 2.05) is 6.92 Å². The minimum Gasteiger partial charge on any atom is -0.511 e. The van der Waals surface area contributed by atoms with Gasteiger partial charge in [0.25, 0.3) is 5.91 Å². The largest absolute Gasteiger partial charge is 0.511 e. The first-order valence-corrected chi connectivity index (χ1v) is 9.43. The number of aliphatic hydroxyl groups excluding tert-OH is 2. The van der Waals surface area contributed by atoms with Crippen molar-refractivity contribution in [1.82, 2.24) is 0 Å². The summed E-state index contributed by atoms with van der Waals surface area (Å²) < 4.78 is 0. The minimum absolute atomic E-state index is 0.0379. The van der Waals surface area contributed by atoms with Gasteiger partial charge in [-0.3, -0.25) is 14.4 Å². The predicted molar refractivity (Wildman–Crippen MR) is 100 cm³/mol. The molecule has 1 aromatic rings. The molecular weight excluding hydrogens is 378 g/mol. The average molecular weight is 399 g/mol. The van der Waals surface area contributed by atoms with E-state index >= 15 is 0 Å². The topological polar surface area (TPSA) is 158 Å². The second-order valence-electron chi connectivity index (χ2n) is 7.87. The van der Waals surface area contributed by atoms with Crippen molar-refractivity contribution in [3.8, 4) is 5.75 Å². The highest BCUT2D eigenvalue weighted by Gasteiger charge is 2.60. The first-order valence-electron chi connectivity index (χ1n) is 9.43. The van der Waals surface area contributed by atoms with Crippen LogP contribution in [0.3, 0.4) is 0 Å². The summed E-state index contributed by atoms with van der Waals surface area (Å²) in [5.74, 6) is -6.37. The molecule has 4 rings (SSSR count). The number of rotatable bonds is 2. The quantitative estimate of drug-likeness (QED) is 0.472. The van der Waals surface area contributed by atoms with Crippen molar-refractivity contribution in [2.75, 3.05) is 0 Å². The first-order chi connectivity index (χ1) is 13.6. The van der Waals surface area contributed by atoms with Crippen LogP contribution in [0, 0.1) is 11.8 Å². The van der Waals surface area contributed by atoms with Crippen LogP contribution < -0.4 is 5.73 Å². The molecule has 0 aromatic heterocycles. The number of carbonyl (C=O) groups excluding carboxylic acids is 3. The molecule has 0 aliphatic heterocycles. The molecule has 0 spiro atoms. The second kappa shape index (κ2) is 6.18. The highest BCUT2D eigenvalue weighted by atomic mass is 16.3. The van der Waals surface area contributed by atoms with Gasteiger partial charge in [0, 0.05) is 17.9 Å². The van der Waals surface area contributed by atoms with Gasteiger partial charge >= 0.3 is 0 Å². The summed E-state index contributed by atoms with van der Waals surface area (Å²) in [5, 5.41) is 42.6. The van der Waals surface area contributed by atoms with Crippen LogP contribution in [0.2, 0.25) is 0 Å². The molecule has 8 heteroatoms. The Bertz CT molecular complexity index is 1040. The fourth-order valence-corrected chi connectivity index (χ4v) is 5.22. The Morgan fingerprint density at radius 3 is 2.55 bits per heavy atom. The van der Waals surface area contributed by atoms with Gasteiger partial charge in [-0.2, -0.15) is 0 Å². The standard InChI is InChI=1S/C21H21NO7/c1-2-9-10-4-3-5-12(23)14(10)17(25)15-11(9)6-8-7-13(24)16(20(22)28)19(27)21(8,29)18(15)26/h3-5,8-9,11,23-24,26,29H,2,6-7H2,1H3,(H2,22,28)/t8-,9+,11?,21-/m0/s1. The van der Waals surface area contributed by atoms with Crippen LogP contribution >= 0.6 is 0 Å². The number of benzene rings is 1. The zero-order valence-corrected chi connectivity index (χ0v) is 15.7. The Hall–Kier alpha value is -3.13. The summed E-state index contributed by atoms with van der Waals surface area (Å²) in [4.78, 5) is 37.7.